The summed E-state index contributed by atoms with van der Waals surface area (Å²) in [5.41, 5.74) is 1.60. The molecule has 162 valence electrons. The number of furan rings is 1. The van der Waals surface area contributed by atoms with Crippen molar-refractivity contribution in [2.75, 3.05) is 44.7 Å². The van der Waals surface area contributed by atoms with Gasteiger partial charge in [0, 0.05) is 44.0 Å². The zero-order chi connectivity index (χ0) is 21.6. The van der Waals surface area contributed by atoms with E-state index in [0.29, 0.717) is 17.9 Å². The van der Waals surface area contributed by atoms with Gasteiger partial charge in [-0.2, -0.15) is 0 Å². The van der Waals surface area contributed by atoms with Gasteiger partial charge in [-0.1, -0.05) is 0 Å². The number of halogens is 1. The number of methoxy groups -OCH3 is 1. The first-order valence-corrected chi connectivity index (χ1v) is 10.3. The van der Waals surface area contributed by atoms with E-state index >= 15 is 0 Å². The van der Waals surface area contributed by atoms with E-state index in [2.05, 4.69) is 15.1 Å². The van der Waals surface area contributed by atoms with Gasteiger partial charge >= 0.3 is 0 Å². The molecule has 1 aliphatic heterocycles. The van der Waals surface area contributed by atoms with Crippen molar-refractivity contribution in [3.8, 4) is 5.75 Å². The summed E-state index contributed by atoms with van der Waals surface area (Å²) < 4.78 is 24.0. The Morgan fingerprint density at radius 2 is 1.77 bits per heavy atom. The lowest BCUT2D eigenvalue weighted by Crippen LogP contribution is -2.49. The predicted molar refractivity (Wildman–Crippen MR) is 117 cm³/mol. The van der Waals surface area contributed by atoms with Crippen LogP contribution >= 0.6 is 0 Å². The number of ether oxygens (including phenoxy) is 1. The molecule has 2 aromatic carbocycles. The van der Waals surface area contributed by atoms with Crippen LogP contribution in [-0.4, -0.2) is 50.6 Å². The fraction of sp³-hybridized carbons (Fsp3) is 0.292. The molecule has 1 saturated heterocycles. The van der Waals surface area contributed by atoms with Crippen LogP contribution in [0.2, 0.25) is 0 Å². The van der Waals surface area contributed by atoms with Crippen molar-refractivity contribution in [2.45, 2.75) is 6.04 Å². The largest absolute Gasteiger partial charge is 0.497 e. The van der Waals surface area contributed by atoms with Gasteiger partial charge in [-0.3, -0.25) is 9.69 Å². The van der Waals surface area contributed by atoms with Gasteiger partial charge in [-0.25, -0.2) is 4.39 Å². The maximum atomic E-state index is 13.2. The van der Waals surface area contributed by atoms with Crippen LogP contribution < -0.4 is 15.0 Å². The van der Waals surface area contributed by atoms with Crippen molar-refractivity contribution in [2.24, 2.45) is 0 Å². The third-order valence-corrected chi connectivity index (χ3v) is 5.63. The number of nitrogens with one attached hydrogen (secondary N) is 1. The second-order valence-electron chi connectivity index (χ2n) is 7.47. The molecule has 1 aromatic heterocycles. The predicted octanol–water partition coefficient (Wildman–Crippen LogP) is 3.72. The summed E-state index contributed by atoms with van der Waals surface area (Å²) in [5, 5.41) is 3.03. The van der Waals surface area contributed by atoms with Crippen LogP contribution in [0, 0.1) is 5.82 Å². The van der Waals surface area contributed by atoms with Gasteiger partial charge in [-0.05, 0) is 60.7 Å². The van der Waals surface area contributed by atoms with Crippen LogP contribution in [0.25, 0.3) is 0 Å². The molecule has 0 bridgehead atoms. The highest BCUT2D eigenvalue weighted by molar-refractivity contribution is 5.94. The smallest absolute Gasteiger partial charge is 0.251 e. The Kier molecular flexibility index (Phi) is 6.52. The lowest BCUT2D eigenvalue weighted by Gasteiger charge is -2.39. The van der Waals surface area contributed by atoms with Gasteiger partial charge in [0.2, 0.25) is 0 Å². The maximum absolute atomic E-state index is 13.2. The third kappa shape index (κ3) is 5.06. The molecule has 0 saturated carbocycles. The number of amides is 1. The Balaban J connectivity index is 1.39. The molecular formula is C24H26FN3O3. The van der Waals surface area contributed by atoms with Gasteiger partial charge in [0.15, 0.2) is 0 Å². The summed E-state index contributed by atoms with van der Waals surface area (Å²) in [6, 6.07) is 17.4. The Labute approximate surface area is 181 Å². The van der Waals surface area contributed by atoms with E-state index in [1.807, 2.05) is 24.3 Å². The molecule has 0 unspecified atom stereocenters. The summed E-state index contributed by atoms with van der Waals surface area (Å²) in [6.07, 6.45) is 1.66. The van der Waals surface area contributed by atoms with Gasteiger partial charge in [0.05, 0.1) is 19.4 Å². The molecule has 6 nitrogen and oxygen atoms in total. The molecule has 31 heavy (non-hydrogen) atoms. The molecule has 7 heteroatoms. The average molecular weight is 423 g/mol. The molecule has 1 amide bonds. The molecule has 2 heterocycles. The highest BCUT2D eigenvalue weighted by atomic mass is 19.1. The fourth-order valence-corrected chi connectivity index (χ4v) is 3.87. The number of nitrogens with zero attached hydrogens (tertiary/aromatic N) is 2. The monoisotopic (exact) mass is 423 g/mol. The molecule has 1 N–H and O–H groups in total. The summed E-state index contributed by atoms with van der Waals surface area (Å²) in [5.74, 6) is 1.17. The van der Waals surface area contributed by atoms with Crippen LogP contribution in [0.3, 0.4) is 0 Å². The van der Waals surface area contributed by atoms with Crippen molar-refractivity contribution in [3.63, 3.8) is 0 Å². The van der Waals surface area contributed by atoms with Gasteiger partial charge in [-0.15, -0.1) is 0 Å². The Bertz CT molecular complexity index is 966. The quantitative estimate of drug-likeness (QED) is 0.628. The highest BCUT2D eigenvalue weighted by Gasteiger charge is 2.27. The van der Waals surface area contributed by atoms with Crippen molar-refractivity contribution in [1.82, 2.24) is 10.2 Å². The van der Waals surface area contributed by atoms with E-state index in [0.717, 1.165) is 37.6 Å². The van der Waals surface area contributed by atoms with E-state index in [9.17, 15) is 9.18 Å². The minimum Gasteiger partial charge on any atom is -0.497 e. The highest BCUT2D eigenvalue weighted by Crippen LogP contribution is 2.25. The Morgan fingerprint density at radius 1 is 1.06 bits per heavy atom. The fourth-order valence-electron chi connectivity index (χ4n) is 3.87. The van der Waals surface area contributed by atoms with E-state index in [4.69, 9.17) is 9.15 Å². The molecule has 3 aromatic rings. The molecular weight excluding hydrogens is 397 g/mol. The van der Waals surface area contributed by atoms with Crippen molar-refractivity contribution in [1.29, 1.82) is 0 Å². The Morgan fingerprint density at radius 3 is 2.39 bits per heavy atom. The van der Waals surface area contributed by atoms with Crippen molar-refractivity contribution in [3.05, 3.63) is 84.1 Å². The lowest BCUT2D eigenvalue weighted by atomic mass is 10.1. The molecule has 0 radical (unpaired) electrons. The summed E-state index contributed by atoms with van der Waals surface area (Å²) in [4.78, 5) is 17.2. The topological polar surface area (TPSA) is 58.0 Å². The number of hydrogen-bond acceptors (Lipinski definition) is 5. The van der Waals surface area contributed by atoms with Crippen LogP contribution in [-0.2, 0) is 0 Å². The average Bonchev–Trinajstić information content (AvgIpc) is 3.35. The molecule has 4 rings (SSSR count). The van der Waals surface area contributed by atoms with Crippen LogP contribution in [0.4, 0.5) is 10.1 Å². The van der Waals surface area contributed by atoms with Gasteiger partial charge in [0.1, 0.15) is 17.3 Å². The van der Waals surface area contributed by atoms with E-state index < -0.39 is 0 Å². The molecule has 1 aliphatic rings. The lowest BCUT2D eigenvalue weighted by molar-refractivity contribution is 0.0923. The van der Waals surface area contributed by atoms with Gasteiger partial charge < -0.3 is 19.4 Å². The molecule has 1 fully saturated rings. The number of carbonyl (C=O) groups excluding carboxylic acids is 1. The number of rotatable bonds is 7. The first kappa shape index (κ1) is 20.9. The van der Waals surface area contributed by atoms with Gasteiger partial charge in [0.25, 0.3) is 5.91 Å². The number of benzene rings is 2. The van der Waals surface area contributed by atoms with Crippen LogP contribution in [0.1, 0.15) is 22.2 Å². The van der Waals surface area contributed by atoms with E-state index in [1.54, 1.807) is 37.6 Å². The normalized spacial score (nSPS) is 15.5. The minimum atomic E-state index is -0.229. The number of carbonyl (C=O) groups is 1. The zero-order valence-electron chi connectivity index (χ0n) is 17.5. The zero-order valence-corrected chi connectivity index (χ0v) is 17.5. The maximum Gasteiger partial charge on any atom is 0.251 e. The van der Waals surface area contributed by atoms with Crippen LogP contribution in [0.15, 0.2) is 71.3 Å². The molecule has 0 spiro atoms. The summed E-state index contributed by atoms with van der Waals surface area (Å²) in [6.45, 7) is 3.68. The number of anilines is 1. The summed E-state index contributed by atoms with van der Waals surface area (Å²) >= 11 is 0. The first-order valence-electron chi connectivity index (χ1n) is 10.3. The van der Waals surface area contributed by atoms with Crippen molar-refractivity contribution >= 4 is 11.6 Å². The second-order valence-corrected chi connectivity index (χ2v) is 7.47. The third-order valence-electron chi connectivity index (χ3n) is 5.63. The standard InChI is InChI=1S/C24H26FN3O3/c1-30-21-10-4-18(5-11-21)24(29)26-17-22(23-3-2-16-31-23)28-14-12-27(13-15-28)20-8-6-19(25)7-9-20/h2-11,16,22H,12-15,17H2,1H3,(H,26,29)/t22-/m0/s1. The number of hydrogen-bond donors (Lipinski definition) is 1. The molecule has 0 aliphatic carbocycles. The molecule has 1 atom stereocenters. The summed E-state index contributed by atoms with van der Waals surface area (Å²) in [7, 11) is 1.60. The minimum absolute atomic E-state index is 0.0624. The van der Waals surface area contributed by atoms with Crippen LogP contribution in [0.5, 0.6) is 5.75 Å². The van der Waals surface area contributed by atoms with E-state index in [-0.39, 0.29) is 17.8 Å². The first-order chi connectivity index (χ1) is 15.1. The Hall–Kier alpha value is -3.32. The number of piperazine rings is 1. The van der Waals surface area contributed by atoms with E-state index in [1.165, 1.54) is 12.1 Å². The second kappa shape index (κ2) is 9.66. The SMILES string of the molecule is COc1ccc(C(=O)NC[C@@H](c2ccco2)N2CCN(c3ccc(F)cc3)CC2)cc1. The van der Waals surface area contributed by atoms with Crippen molar-refractivity contribution < 1.29 is 18.3 Å².